The molecular weight excluding hydrogens is 344 g/mol. The maximum Gasteiger partial charge on any atom is 0.197 e. The zero-order valence-electron chi connectivity index (χ0n) is 12.1. The highest BCUT2D eigenvalue weighted by Gasteiger charge is 2.41. The van der Waals surface area contributed by atoms with Gasteiger partial charge in [0.1, 0.15) is 17.1 Å². The SMILES string of the molecule is CC1(C)c2cc(O)ccc2C(=O)c2c1oc1cc(Br)ccc21. The Hall–Kier alpha value is -2.07. The first-order valence-corrected chi connectivity index (χ1v) is 7.79. The summed E-state index contributed by atoms with van der Waals surface area (Å²) in [4.78, 5) is 12.9. The van der Waals surface area contributed by atoms with Gasteiger partial charge in [-0.05, 0) is 55.8 Å². The molecule has 0 spiro atoms. The maximum atomic E-state index is 12.9. The van der Waals surface area contributed by atoms with Crippen molar-refractivity contribution in [2.75, 3.05) is 0 Å². The van der Waals surface area contributed by atoms with E-state index in [9.17, 15) is 9.90 Å². The van der Waals surface area contributed by atoms with Gasteiger partial charge in [0.25, 0.3) is 0 Å². The first-order chi connectivity index (χ1) is 10.4. The third-order valence-corrected chi connectivity index (χ3v) is 4.86. The number of carbonyl (C=O) groups excluding carboxylic acids is 1. The van der Waals surface area contributed by atoms with E-state index >= 15 is 0 Å². The van der Waals surface area contributed by atoms with Crippen LogP contribution >= 0.6 is 15.9 Å². The smallest absolute Gasteiger partial charge is 0.197 e. The summed E-state index contributed by atoms with van der Waals surface area (Å²) in [5, 5.41) is 10.6. The van der Waals surface area contributed by atoms with Crippen LogP contribution in [0.25, 0.3) is 11.0 Å². The predicted octanol–water partition coefficient (Wildman–Crippen LogP) is 4.77. The fourth-order valence-electron chi connectivity index (χ4n) is 3.24. The predicted molar refractivity (Wildman–Crippen MR) is 87.6 cm³/mol. The van der Waals surface area contributed by atoms with E-state index in [0.717, 1.165) is 15.4 Å². The van der Waals surface area contributed by atoms with Gasteiger partial charge in [0, 0.05) is 20.8 Å². The molecule has 1 aliphatic carbocycles. The molecule has 1 heterocycles. The molecule has 1 aromatic heterocycles. The summed E-state index contributed by atoms with van der Waals surface area (Å²) in [5.41, 5.74) is 2.26. The minimum atomic E-state index is -0.483. The third-order valence-electron chi connectivity index (χ3n) is 4.37. The largest absolute Gasteiger partial charge is 0.508 e. The molecule has 2 aromatic carbocycles. The second-order valence-electron chi connectivity index (χ2n) is 6.13. The van der Waals surface area contributed by atoms with Gasteiger partial charge in [-0.15, -0.1) is 0 Å². The van der Waals surface area contributed by atoms with Gasteiger partial charge in [0.05, 0.1) is 5.56 Å². The zero-order chi connectivity index (χ0) is 15.6. The molecule has 1 aliphatic rings. The van der Waals surface area contributed by atoms with Crippen LogP contribution in [-0.2, 0) is 5.41 Å². The molecule has 0 saturated heterocycles. The summed E-state index contributed by atoms with van der Waals surface area (Å²) in [6, 6.07) is 10.6. The Bertz CT molecular complexity index is 950. The van der Waals surface area contributed by atoms with Gasteiger partial charge in [-0.25, -0.2) is 0 Å². The first-order valence-electron chi connectivity index (χ1n) is 7.00. The summed E-state index contributed by atoms with van der Waals surface area (Å²) < 4.78 is 6.93. The molecule has 22 heavy (non-hydrogen) atoms. The number of ketones is 1. The lowest BCUT2D eigenvalue weighted by Crippen LogP contribution is -2.29. The Morgan fingerprint density at radius 1 is 1.14 bits per heavy atom. The number of halogens is 1. The second-order valence-corrected chi connectivity index (χ2v) is 7.05. The quantitative estimate of drug-likeness (QED) is 0.631. The van der Waals surface area contributed by atoms with Crippen LogP contribution in [0.3, 0.4) is 0 Å². The molecule has 0 unspecified atom stereocenters. The molecule has 1 N–H and O–H groups in total. The van der Waals surface area contributed by atoms with E-state index in [4.69, 9.17) is 4.42 Å². The average molecular weight is 357 g/mol. The Morgan fingerprint density at radius 2 is 1.91 bits per heavy atom. The third kappa shape index (κ3) is 1.64. The summed E-state index contributed by atoms with van der Waals surface area (Å²) in [5.74, 6) is 0.760. The standard InChI is InChI=1S/C18H13BrO3/c1-18(2)13-8-10(20)4-6-11(13)16(21)15-12-5-3-9(19)7-14(12)22-17(15)18/h3-8,20H,1-2H3. The normalized spacial score (nSPS) is 15.7. The highest BCUT2D eigenvalue weighted by molar-refractivity contribution is 9.10. The van der Waals surface area contributed by atoms with E-state index in [1.165, 1.54) is 0 Å². The first kappa shape index (κ1) is 13.6. The van der Waals surface area contributed by atoms with Crippen LogP contribution in [0.2, 0.25) is 0 Å². The average Bonchev–Trinajstić information content (AvgIpc) is 2.84. The monoisotopic (exact) mass is 356 g/mol. The molecule has 0 atom stereocenters. The molecule has 0 fully saturated rings. The van der Waals surface area contributed by atoms with E-state index in [2.05, 4.69) is 15.9 Å². The summed E-state index contributed by atoms with van der Waals surface area (Å²) >= 11 is 3.43. The van der Waals surface area contributed by atoms with Gasteiger partial charge in [-0.3, -0.25) is 4.79 Å². The number of aromatic hydroxyl groups is 1. The number of furan rings is 1. The molecule has 3 nitrogen and oxygen atoms in total. The van der Waals surface area contributed by atoms with Crippen LogP contribution in [0.1, 0.15) is 41.1 Å². The van der Waals surface area contributed by atoms with Crippen molar-refractivity contribution in [2.24, 2.45) is 0 Å². The van der Waals surface area contributed by atoms with E-state index in [-0.39, 0.29) is 11.5 Å². The van der Waals surface area contributed by atoms with Gasteiger partial charge in [-0.1, -0.05) is 15.9 Å². The molecule has 0 amide bonds. The van der Waals surface area contributed by atoms with Crippen molar-refractivity contribution in [2.45, 2.75) is 19.3 Å². The molecule has 0 aliphatic heterocycles. The highest BCUT2D eigenvalue weighted by atomic mass is 79.9. The van der Waals surface area contributed by atoms with Crippen molar-refractivity contribution >= 4 is 32.7 Å². The van der Waals surface area contributed by atoms with Crippen LogP contribution in [0.4, 0.5) is 0 Å². The van der Waals surface area contributed by atoms with Gasteiger partial charge in [0.2, 0.25) is 0 Å². The molecule has 4 heteroatoms. The Labute approximate surface area is 135 Å². The fraction of sp³-hybridized carbons (Fsp3) is 0.167. The van der Waals surface area contributed by atoms with Crippen molar-refractivity contribution in [3.05, 3.63) is 63.3 Å². The minimum Gasteiger partial charge on any atom is -0.508 e. The molecule has 3 aromatic rings. The molecular formula is C18H13BrO3. The summed E-state index contributed by atoms with van der Waals surface area (Å²) in [6.07, 6.45) is 0. The van der Waals surface area contributed by atoms with Crippen molar-refractivity contribution in [1.29, 1.82) is 0 Å². The van der Waals surface area contributed by atoms with E-state index in [1.54, 1.807) is 18.2 Å². The summed E-state index contributed by atoms with van der Waals surface area (Å²) in [6.45, 7) is 4.02. The number of phenols is 1. The molecule has 110 valence electrons. The molecule has 0 radical (unpaired) electrons. The van der Waals surface area contributed by atoms with E-state index in [1.807, 2.05) is 32.0 Å². The number of benzene rings is 2. The lowest BCUT2D eigenvalue weighted by Gasteiger charge is -2.30. The topological polar surface area (TPSA) is 50.4 Å². The van der Waals surface area contributed by atoms with Crippen molar-refractivity contribution < 1.29 is 14.3 Å². The number of hydrogen-bond acceptors (Lipinski definition) is 3. The number of carbonyl (C=O) groups is 1. The molecule has 0 saturated carbocycles. The van der Waals surface area contributed by atoms with Crippen LogP contribution in [0.15, 0.2) is 45.3 Å². The lowest BCUT2D eigenvalue weighted by molar-refractivity contribution is 0.102. The van der Waals surface area contributed by atoms with Crippen molar-refractivity contribution in [3.63, 3.8) is 0 Å². The maximum absolute atomic E-state index is 12.9. The van der Waals surface area contributed by atoms with E-state index < -0.39 is 5.41 Å². The van der Waals surface area contributed by atoms with Gasteiger partial charge < -0.3 is 9.52 Å². The van der Waals surface area contributed by atoms with Gasteiger partial charge in [0.15, 0.2) is 5.78 Å². The summed E-state index contributed by atoms with van der Waals surface area (Å²) in [7, 11) is 0. The number of hydrogen-bond donors (Lipinski definition) is 1. The number of phenolic OH excluding ortho intramolecular Hbond substituents is 1. The molecule has 4 rings (SSSR count). The van der Waals surface area contributed by atoms with Crippen LogP contribution in [0, 0.1) is 0 Å². The minimum absolute atomic E-state index is 0.0506. The fourth-order valence-corrected chi connectivity index (χ4v) is 3.58. The van der Waals surface area contributed by atoms with Gasteiger partial charge in [-0.2, -0.15) is 0 Å². The van der Waals surface area contributed by atoms with Gasteiger partial charge >= 0.3 is 0 Å². The second kappa shape index (κ2) is 4.23. The van der Waals surface area contributed by atoms with Crippen LogP contribution in [0.5, 0.6) is 5.75 Å². The molecule has 0 bridgehead atoms. The lowest BCUT2D eigenvalue weighted by atomic mass is 9.72. The highest BCUT2D eigenvalue weighted by Crippen LogP contribution is 2.46. The number of fused-ring (bicyclic) bond motifs is 4. The van der Waals surface area contributed by atoms with Crippen molar-refractivity contribution in [3.8, 4) is 5.75 Å². The van der Waals surface area contributed by atoms with E-state index in [0.29, 0.717) is 22.5 Å². The zero-order valence-corrected chi connectivity index (χ0v) is 13.7. The van der Waals surface area contributed by atoms with Crippen LogP contribution in [-0.4, -0.2) is 10.9 Å². The Morgan fingerprint density at radius 3 is 2.68 bits per heavy atom. The van der Waals surface area contributed by atoms with Crippen molar-refractivity contribution in [1.82, 2.24) is 0 Å². The Kier molecular flexibility index (Phi) is 2.61. The van der Waals surface area contributed by atoms with Crippen LogP contribution < -0.4 is 0 Å². The Balaban J connectivity index is 2.12. The number of rotatable bonds is 0.